The molecule has 0 unspecified atom stereocenters. The van der Waals surface area contributed by atoms with Crippen LogP contribution in [0.15, 0.2) is 0 Å². The minimum Gasteiger partial charge on any atom is -0.372 e. The van der Waals surface area contributed by atoms with Gasteiger partial charge in [0.2, 0.25) is 5.91 Å². The largest absolute Gasteiger partial charge is 0.372 e. The molecule has 4 heteroatoms. The molecule has 0 saturated heterocycles. The van der Waals surface area contributed by atoms with E-state index in [0.29, 0.717) is 19.0 Å². The third kappa shape index (κ3) is 5.85. The lowest BCUT2D eigenvalue weighted by atomic mass is 10.6. The summed E-state index contributed by atoms with van der Waals surface area (Å²) in [5, 5.41) is 2.57. The van der Waals surface area contributed by atoms with Crippen LogP contribution in [0.5, 0.6) is 0 Å². The van der Waals surface area contributed by atoms with Gasteiger partial charge in [0.1, 0.15) is 6.61 Å². The topological polar surface area (TPSA) is 38.3 Å². The van der Waals surface area contributed by atoms with Crippen LogP contribution in [-0.4, -0.2) is 31.5 Å². The zero-order valence-electron chi connectivity index (χ0n) is 6.02. The first kappa shape index (κ1) is 9.72. The van der Waals surface area contributed by atoms with Crippen molar-refractivity contribution in [1.29, 1.82) is 0 Å². The summed E-state index contributed by atoms with van der Waals surface area (Å²) >= 11 is 5.32. The predicted molar refractivity (Wildman–Crippen MR) is 40.2 cm³/mol. The van der Waals surface area contributed by atoms with E-state index >= 15 is 0 Å². The molecule has 0 aromatic heterocycles. The van der Waals surface area contributed by atoms with Crippen LogP contribution in [-0.2, 0) is 9.53 Å². The highest BCUT2D eigenvalue weighted by molar-refractivity contribution is 6.18. The third-order valence-electron chi connectivity index (χ3n) is 0.854. The lowest BCUT2D eigenvalue weighted by Gasteiger charge is -2.01. The Kier molecular flexibility index (Phi) is 6.64. The quantitative estimate of drug-likeness (QED) is 0.599. The minimum absolute atomic E-state index is 0.109. The van der Waals surface area contributed by atoms with Gasteiger partial charge < -0.3 is 10.1 Å². The zero-order valence-corrected chi connectivity index (χ0v) is 6.78. The highest BCUT2D eigenvalue weighted by Gasteiger charge is 1.96. The number of amides is 1. The van der Waals surface area contributed by atoms with Crippen LogP contribution < -0.4 is 5.32 Å². The second kappa shape index (κ2) is 6.83. The van der Waals surface area contributed by atoms with Gasteiger partial charge in [-0.05, 0) is 6.92 Å². The Balaban J connectivity index is 3.09. The molecule has 0 heterocycles. The Hall–Kier alpha value is -0.280. The second-order valence-corrected chi connectivity index (χ2v) is 2.05. The van der Waals surface area contributed by atoms with Gasteiger partial charge in [0.15, 0.2) is 0 Å². The number of hydrogen-bond donors (Lipinski definition) is 1. The number of carbonyl (C=O) groups is 1. The molecule has 0 aliphatic heterocycles. The van der Waals surface area contributed by atoms with Crippen molar-refractivity contribution in [1.82, 2.24) is 5.32 Å². The number of ether oxygens (including phenoxy) is 1. The van der Waals surface area contributed by atoms with Crippen molar-refractivity contribution in [3.63, 3.8) is 0 Å². The van der Waals surface area contributed by atoms with Crippen molar-refractivity contribution in [2.45, 2.75) is 6.92 Å². The summed E-state index contributed by atoms with van der Waals surface area (Å²) in [5.74, 6) is 0.334. The van der Waals surface area contributed by atoms with Crippen molar-refractivity contribution < 1.29 is 9.53 Å². The molecule has 0 aromatic rings. The molecule has 10 heavy (non-hydrogen) atoms. The molecule has 0 saturated carbocycles. The van der Waals surface area contributed by atoms with Gasteiger partial charge in [0.05, 0.1) is 0 Å². The summed E-state index contributed by atoms with van der Waals surface area (Å²) < 4.78 is 4.84. The molecule has 0 aromatic carbocycles. The van der Waals surface area contributed by atoms with E-state index < -0.39 is 0 Å². The van der Waals surface area contributed by atoms with Gasteiger partial charge in [-0.15, -0.1) is 11.6 Å². The van der Waals surface area contributed by atoms with Crippen molar-refractivity contribution in [2.24, 2.45) is 0 Å². The Bertz CT molecular complexity index is 87.7. The standard InChI is InChI=1S/C6H12ClNO2/c1-2-10-5-6(9)8-4-3-7/h2-5H2,1H3,(H,8,9). The van der Waals surface area contributed by atoms with Crippen LogP contribution in [0.3, 0.4) is 0 Å². The van der Waals surface area contributed by atoms with Gasteiger partial charge in [0.25, 0.3) is 0 Å². The first-order valence-electron chi connectivity index (χ1n) is 3.21. The first-order chi connectivity index (χ1) is 4.81. The lowest BCUT2D eigenvalue weighted by molar-refractivity contribution is -0.125. The fourth-order valence-corrected chi connectivity index (χ4v) is 0.527. The maximum atomic E-state index is 10.7. The van der Waals surface area contributed by atoms with Crippen molar-refractivity contribution in [2.75, 3.05) is 25.6 Å². The number of hydrogen-bond acceptors (Lipinski definition) is 2. The van der Waals surface area contributed by atoms with Crippen molar-refractivity contribution in [3.05, 3.63) is 0 Å². The van der Waals surface area contributed by atoms with Crippen LogP contribution >= 0.6 is 11.6 Å². The molecule has 0 spiro atoms. The summed E-state index contributed by atoms with van der Waals surface area (Å²) in [6, 6.07) is 0. The minimum atomic E-state index is -0.109. The van der Waals surface area contributed by atoms with Gasteiger partial charge in [-0.25, -0.2) is 0 Å². The monoisotopic (exact) mass is 165 g/mol. The molecule has 60 valence electrons. The van der Waals surface area contributed by atoms with E-state index in [2.05, 4.69) is 5.32 Å². The van der Waals surface area contributed by atoms with E-state index in [1.807, 2.05) is 6.92 Å². The lowest BCUT2D eigenvalue weighted by Crippen LogP contribution is -2.29. The number of alkyl halides is 1. The van der Waals surface area contributed by atoms with Crippen LogP contribution in [0.25, 0.3) is 0 Å². The molecule has 0 radical (unpaired) electrons. The maximum Gasteiger partial charge on any atom is 0.246 e. The second-order valence-electron chi connectivity index (χ2n) is 1.68. The van der Waals surface area contributed by atoms with Crippen LogP contribution in [0.2, 0.25) is 0 Å². The first-order valence-corrected chi connectivity index (χ1v) is 3.75. The van der Waals surface area contributed by atoms with E-state index in [1.165, 1.54) is 0 Å². The third-order valence-corrected chi connectivity index (χ3v) is 1.04. The molecule has 3 nitrogen and oxygen atoms in total. The van der Waals surface area contributed by atoms with Crippen LogP contribution in [0.1, 0.15) is 6.92 Å². The molecule has 0 rings (SSSR count). The average molecular weight is 166 g/mol. The Morgan fingerprint density at radius 2 is 2.40 bits per heavy atom. The Morgan fingerprint density at radius 3 is 2.90 bits per heavy atom. The number of rotatable bonds is 5. The molecule has 0 aliphatic carbocycles. The molecule has 0 atom stereocenters. The normalized spacial score (nSPS) is 9.40. The van der Waals surface area contributed by atoms with Gasteiger partial charge in [-0.1, -0.05) is 0 Å². The average Bonchev–Trinajstić information content (AvgIpc) is 1.97. The summed E-state index contributed by atoms with van der Waals surface area (Å²) in [7, 11) is 0. The van der Waals surface area contributed by atoms with Gasteiger partial charge in [-0.2, -0.15) is 0 Å². The number of carbonyl (C=O) groups excluding carboxylic acids is 1. The van der Waals surface area contributed by atoms with E-state index in [1.54, 1.807) is 0 Å². The Morgan fingerprint density at radius 1 is 1.70 bits per heavy atom. The highest BCUT2D eigenvalue weighted by atomic mass is 35.5. The molecule has 1 N–H and O–H groups in total. The molecule has 0 aliphatic rings. The van der Waals surface area contributed by atoms with Gasteiger partial charge in [-0.3, -0.25) is 4.79 Å². The SMILES string of the molecule is CCOCC(=O)NCCCl. The van der Waals surface area contributed by atoms with Crippen LogP contribution in [0, 0.1) is 0 Å². The summed E-state index contributed by atoms with van der Waals surface area (Å²) in [5.41, 5.74) is 0. The summed E-state index contributed by atoms with van der Waals surface area (Å²) in [6.45, 7) is 3.05. The smallest absolute Gasteiger partial charge is 0.246 e. The van der Waals surface area contributed by atoms with Gasteiger partial charge in [0, 0.05) is 19.0 Å². The van der Waals surface area contributed by atoms with Crippen molar-refractivity contribution >= 4 is 17.5 Å². The molecule has 0 fully saturated rings. The molecular weight excluding hydrogens is 154 g/mol. The fraction of sp³-hybridized carbons (Fsp3) is 0.833. The zero-order chi connectivity index (χ0) is 7.82. The predicted octanol–water partition coefficient (Wildman–Crippen LogP) is 0.378. The molecule has 0 bridgehead atoms. The highest BCUT2D eigenvalue weighted by Crippen LogP contribution is 1.74. The van der Waals surface area contributed by atoms with E-state index in [-0.39, 0.29) is 12.5 Å². The summed E-state index contributed by atoms with van der Waals surface area (Å²) in [4.78, 5) is 10.7. The van der Waals surface area contributed by atoms with Crippen molar-refractivity contribution in [3.8, 4) is 0 Å². The van der Waals surface area contributed by atoms with E-state index in [4.69, 9.17) is 16.3 Å². The molecular formula is C6H12ClNO2. The number of halogens is 1. The van der Waals surface area contributed by atoms with E-state index in [0.717, 1.165) is 0 Å². The fourth-order valence-electron chi connectivity index (χ4n) is 0.432. The molecule has 1 amide bonds. The maximum absolute atomic E-state index is 10.7. The Labute approximate surface area is 65.7 Å². The van der Waals surface area contributed by atoms with E-state index in [9.17, 15) is 4.79 Å². The number of nitrogens with one attached hydrogen (secondary N) is 1. The van der Waals surface area contributed by atoms with Gasteiger partial charge >= 0.3 is 0 Å². The van der Waals surface area contributed by atoms with Crippen LogP contribution in [0.4, 0.5) is 0 Å². The summed E-state index contributed by atoms with van der Waals surface area (Å²) in [6.07, 6.45) is 0.